The number of piperidine rings is 2. The minimum absolute atomic E-state index is 0.172. The molecule has 2 aromatic rings. The van der Waals surface area contributed by atoms with E-state index in [0.29, 0.717) is 13.0 Å². The van der Waals surface area contributed by atoms with Gasteiger partial charge in [0.2, 0.25) is 5.91 Å². The predicted molar refractivity (Wildman–Crippen MR) is 108 cm³/mol. The molecule has 6 nitrogen and oxygen atoms in total. The van der Waals surface area contributed by atoms with Gasteiger partial charge in [0.25, 0.3) is 0 Å². The van der Waals surface area contributed by atoms with Gasteiger partial charge >= 0.3 is 0 Å². The number of carbonyl (C=O) groups excluding carboxylic acids is 1. The van der Waals surface area contributed by atoms with Gasteiger partial charge in [-0.1, -0.05) is 30.3 Å². The highest BCUT2D eigenvalue weighted by Crippen LogP contribution is 2.39. The van der Waals surface area contributed by atoms with E-state index in [1.165, 1.54) is 0 Å². The van der Waals surface area contributed by atoms with Gasteiger partial charge in [-0.3, -0.25) is 9.48 Å². The Bertz CT molecular complexity index is 764. The average molecular weight is 383 g/mol. The van der Waals surface area contributed by atoms with Gasteiger partial charge in [-0.05, 0) is 30.9 Å². The topological polar surface area (TPSA) is 61.6 Å². The first-order chi connectivity index (χ1) is 13.6. The molecule has 150 valence electrons. The molecule has 2 atom stereocenters. The molecular weight excluding hydrogens is 352 g/mol. The summed E-state index contributed by atoms with van der Waals surface area (Å²) in [6.07, 6.45) is 6.63. The molecule has 0 unspecified atom stereocenters. The van der Waals surface area contributed by atoms with E-state index in [0.717, 1.165) is 57.5 Å². The van der Waals surface area contributed by atoms with Gasteiger partial charge in [0.05, 0.1) is 19.1 Å². The third-order valence-corrected chi connectivity index (χ3v) is 6.33. The summed E-state index contributed by atoms with van der Waals surface area (Å²) in [5, 5.41) is 15.1. The second-order valence-corrected chi connectivity index (χ2v) is 8.29. The van der Waals surface area contributed by atoms with Crippen LogP contribution in [0.5, 0.6) is 0 Å². The van der Waals surface area contributed by atoms with Gasteiger partial charge in [0, 0.05) is 50.5 Å². The molecule has 6 heteroatoms. The van der Waals surface area contributed by atoms with Gasteiger partial charge < -0.3 is 14.9 Å². The zero-order chi connectivity index (χ0) is 19.4. The first-order valence-corrected chi connectivity index (χ1v) is 10.3. The van der Waals surface area contributed by atoms with Crippen molar-refractivity contribution in [2.75, 3.05) is 32.7 Å². The lowest BCUT2D eigenvalue weighted by Crippen LogP contribution is -2.60. The van der Waals surface area contributed by atoms with E-state index in [-0.39, 0.29) is 17.4 Å². The van der Waals surface area contributed by atoms with Gasteiger partial charge in [-0.2, -0.15) is 5.10 Å². The van der Waals surface area contributed by atoms with E-state index in [1.54, 1.807) is 6.20 Å². The number of aliphatic hydroxyl groups is 1. The summed E-state index contributed by atoms with van der Waals surface area (Å²) < 4.78 is 1.95. The van der Waals surface area contributed by atoms with Crippen molar-refractivity contribution in [3.63, 3.8) is 0 Å². The van der Waals surface area contributed by atoms with E-state index in [2.05, 4.69) is 10.00 Å². The summed E-state index contributed by atoms with van der Waals surface area (Å²) >= 11 is 0. The number of benzene rings is 1. The van der Waals surface area contributed by atoms with Crippen molar-refractivity contribution in [2.45, 2.75) is 38.3 Å². The van der Waals surface area contributed by atoms with Gasteiger partial charge in [0.1, 0.15) is 0 Å². The van der Waals surface area contributed by atoms with E-state index < -0.39 is 0 Å². The van der Waals surface area contributed by atoms with E-state index >= 15 is 0 Å². The van der Waals surface area contributed by atoms with Crippen molar-refractivity contribution >= 4 is 5.91 Å². The zero-order valence-corrected chi connectivity index (χ0v) is 16.4. The number of hydrogen-bond donors (Lipinski definition) is 1. The Hall–Kier alpha value is -2.18. The first kappa shape index (κ1) is 19.2. The van der Waals surface area contributed by atoms with Crippen LogP contribution in [0.1, 0.15) is 24.8 Å². The van der Waals surface area contributed by atoms with Crippen LogP contribution < -0.4 is 0 Å². The predicted octanol–water partition coefficient (Wildman–Crippen LogP) is 1.80. The highest BCUT2D eigenvalue weighted by molar-refractivity contribution is 5.79. The quantitative estimate of drug-likeness (QED) is 0.857. The minimum Gasteiger partial charge on any atom is -0.392 e. The Labute approximate surface area is 166 Å². The monoisotopic (exact) mass is 382 g/mol. The van der Waals surface area contributed by atoms with Crippen molar-refractivity contribution in [1.82, 2.24) is 19.6 Å². The fraction of sp³-hybridized carbons (Fsp3) is 0.545. The van der Waals surface area contributed by atoms with Crippen LogP contribution >= 0.6 is 0 Å². The molecule has 3 heterocycles. The summed E-state index contributed by atoms with van der Waals surface area (Å²) in [7, 11) is 0. The number of aromatic nitrogens is 2. The number of aliphatic hydroxyl groups excluding tert-OH is 1. The molecule has 1 amide bonds. The number of rotatable bonds is 5. The SMILES string of the molecule is O=C(Cc1ccccc1)N1CCC[C@@]2(CN(CCn3cccn3)CC[C@H]2O)C1. The van der Waals surface area contributed by atoms with Crippen LogP contribution in [-0.2, 0) is 17.8 Å². The maximum atomic E-state index is 12.9. The smallest absolute Gasteiger partial charge is 0.227 e. The Balaban J connectivity index is 1.39. The van der Waals surface area contributed by atoms with Crippen LogP contribution in [0.3, 0.4) is 0 Å². The maximum absolute atomic E-state index is 12.9. The van der Waals surface area contributed by atoms with Crippen LogP contribution in [0.25, 0.3) is 0 Å². The number of nitrogens with zero attached hydrogens (tertiary/aromatic N) is 4. The molecule has 0 radical (unpaired) electrons. The lowest BCUT2D eigenvalue weighted by atomic mass is 9.71. The molecule has 1 aromatic carbocycles. The standard InChI is InChI=1S/C22H30N4O2/c27-20-8-13-24(14-15-26-12-5-10-23-26)17-22(20)9-4-11-25(18-22)21(28)16-19-6-2-1-3-7-19/h1-3,5-7,10,12,20,27H,4,8-9,11,13-18H2/t20-,22-/m1/s1. The van der Waals surface area contributed by atoms with E-state index in [4.69, 9.17) is 0 Å². The highest BCUT2D eigenvalue weighted by Gasteiger charge is 2.46. The van der Waals surface area contributed by atoms with E-state index in [9.17, 15) is 9.90 Å². The summed E-state index contributed by atoms with van der Waals surface area (Å²) in [4.78, 5) is 17.3. The van der Waals surface area contributed by atoms with Crippen molar-refractivity contribution in [3.8, 4) is 0 Å². The van der Waals surface area contributed by atoms with Gasteiger partial charge in [0.15, 0.2) is 0 Å². The van der Waals surface area contributed by atoms with Crippen molar-refractivity contribution in [1.29, 1.82) is 0 Å². The number of hydrogen-bond acceptors (Lipinski definition) is 4. The average Bonchev–Trinajstić information content (AvgIpc) is 3.24. The molecule has 1 aromatic heterocycles. The largest absolute Gasteiger partial charge is 0.392 e. The molecule has 0 saturated carbocycles. The summed E-state index contributed by atoms with van der Waals surface area (Å²) in [6.45, 7) is 5.00. The first-order valence-electron chi connectivity index (χ1n) is 10.3. The van der Waals surface area contributed by atoms with Crippen LogP contribution in [0, 0.1) is 5.41 Å². The van der Waals surface area contributed by atoms with Crippen LogP contribution in [0.4, 0.5) is 0 Å². The van der Waals surface area contributed by atoms with Crippen LogP contribution in [-0.4, -0.2) is 69.4 Å². The second-order valence-electron chi connectivity index (χ2n) is 8.29. The molecule has 2 aliphatic heterocycles. The molecule has 2 fully saturated rings. The molecule has 28 heavy (non-hydrogen) atoms. The Kier molecular flexibility index (Phi) is 5.78. The number of amides is 1. The Morgan fingerprint density at radius 1 is 1.14 bits per heavy atom. The molecule has 0 aliphatic carbocycles. The van der Waals surface area contributed by atoms with Gasteiger partial charge in [-0.15, -0.1) is 0 Å². The highest BCUT2D eigenvalue weighted by atomic mass is 16.3. The molecule has 0 bridgehead atoms. The lowest BCUT2D eigenvalue weighted by molar-refractivity contribution is -0.140. The zero-order valence-electron chi connectivity index (χ0n) is 16.4. The molecule has 2 saturated heterocycles. The molecule has 2 aliphatic rings. The molecule has 4 rings (SSSR count). The minimum atomic E-state index is -0.333. The van der Waals surface area contributed by atoms with Crippen molar-refractivity contribution in [3.05, 3.63) is 54.4 Å². The third kappa shape index (κ3) is 4.28. The number of likely N-dealkylation sites (tertiary alicyclic amines) is 2. The Morgan fingerprint density at radius 3 is 2.79 bits per heavy atom. The second kappa shape index (κ2) is 8.45. The normalized spacial score (nSPS) is 25.9. The van der Waals surface area contributed by atoms with Gasteiger partial charge in [-0.25, -0.2) is 0 Å². The lowest BCUT2D eigenvalue weighted by Gasteiger charge is -2.51. The van der Waals surface area contributed by atoms with Crippen molar-refractivity contribution in [2.24, 2.45) is 5.41 Å². The van der Waals surface area contributed by atoms with E-state index in [1.807, 2.05) is 52.2 Å². The fourth-order valence-corrected chi connectivity index (χ4v) is 4.76. The molecule has 1 N–H and O–H groups in total. The van der Waals surface area contributed by atoms with Crippen molar-refractivity contribution < 1.29 is 9.90 Å². The fourth-order valence-electron chi connectivity index (χ4n) is 4.76. The summed E-state index contributed by atoms with van der Waals surface area (Å²) in [5.74, 6) is 0.172. The number of carbonyl (C=O) groups is 1. The van der Waals surface area contributed by atoms with Crippen LogP contribution in [0.2, 0.25) is 0 Å². The summed E-state index contributed by atoms with van der Waals surface area (Å²) in [5.41, 5.74) is 0.852. The third-order valence-electron chi connectivity index (χ3n) is 6.33. The Morgan fingerprint density at radius 2 is 2.00 bits per heavy atom. The molecular formula is C22H30N4O2. The maximum Gasteiger partial charge on any atom is 0.227 e. The van der Waals surface area contributed by atoms with Crippen LogP contribution in [0.15, 0.2) is 48.8 Å². The summed E-state index contributed by atoms with van der Waals surface area (Å²) in [6, 6.07) is 11.9. The molecule has 1 spiro atoms.